The van der Waals surface area contributed by atoms with Crippen molar-refractivity contribution in [1.82, 2.24) is 4.98 Å². The summed E-state index contributed by atoms with van der Waals surface area (Å²) in [5, 5.41) is 2.44. The molecule has 0 radical (unpaired) electrons. The van der Waals surface area contributed by atoms with Crippen molar-refractivity contribution in [2.45, 2.75) is 32.6 Å². The van der Waals surface area contributed by atoms with Gasteiger partial charge in [-0.25, -0.2) is 0 Å². The molecule has 0 aliphatic heterocycles. The molecule has 0 saturated carbocycles. The summed E-state index contributed by atoms with van der Waals surface area (Å²) in [4.78, 5) is 3.52. The zero-order chi connectivity index (χ0) is 17.1. The molecule has 1 heterocycles. The average molecular weight is 361 g/mol. The predicted octanol–water partition coefficient (Wildman–Crippen LogP) is 5.99. The number of halogens is 2. The quantitative estimate of drug-likeness (QED) is 0.521. The van der Waals surface area contributed by atoms with Gasteiger partial charge in [-0.05, 0) is 61.1 Å². The maximum atomic E-state index is 6.41. The number of fused-ring (bicyclic) bond motifs is 1. The molecule has 2 nitrogen and oxygen atoms in total. The van der Waals surface area contributed by atoms with Crippen molar-refractivity contribution in [2.24, 2.45) is 5.73 Å². The first-order valence-corrected chi connectivity index (χ1v) is 9.18. The lowest BCUT2D eigenvalue weighted by molar-refractivity contribution is 0.748. The van der Waals surface area contributed by atoms with E-state index in [0.717, 1.165) is 42.3 Å². The van der Waals surface area contributed by atoms with Gasteiger partial charge in [0.15, 0.2) is 0 Å². The largest absolute Gasteiger partial charge is 0.353 e. The summed E-state index contributed by atoms with van der Waals surface area (Å²) in [6, 6.07) is 12.5. The molecular formula is C20H22Cl2N2. The molecule has 0 atom stereocenters. The Bertz CT molecular complexity index is 835. The fourth-order valence-electron chi connectivity index (χ4n) is 3.13. The van der Waals surface area contributed by atoms with Gasteiger partial charge in [-0.15, -0.1) is 0 Å². The third-order valence-corrected chi connectivity index (χ3v) is 4.98. The van der Waals surface area contributed by atoms with Crippen LogP contribution in [-0.4, -0.2) is 11.5 Å². The summed E-state index contributed by atoms with van der Waals surface area (Å²) in [6.45, 7) is 2.88. The number of rotatable bonds is 6. The molecule has 4 heteroatoms. The predicted molar refractivity (Wildman–Crippen MR) is 105 cm³/mol. The molecule has 126 valence electrons. The van der Waals surface area contributed by atoms with Crippen LogP contribution < -0.4 is 5.73 Å². The smallest absolute Gasteiger partial charge is 0.0662 e. The lowest BCUT2D eigenvalue weighted by atomic mass is 9.99. The zero-order valence-corrected chi connectivity index (χ0v) is 15.3. The molecule has 3 N–H and O–H groups in total. The summed E-state index contributed by atoms with van der Waals surface area (Å²) in [5.41, 5.74) is 11.5. The van der Waals surface area contributed by atoms with Crippen LogP contribution in [-0.2, 0) is 12.8 Å². The van der Waals surface area contributed by atoms with Crippen LogP contribution in [0.2, 0.25) is 10.0 Å². The number of nitrogens with one attached hydrogen (secondary N) is 1. The maximum absolute atomic E-state index is 6.41. The van der Waals surface area contributed by atoms with E-state index in [4.69, 9.17) is 28.9 Å². The molecule has 1 aromatic heterocycles. The third kappa shape index (κ3) is 3.46. The van der Waals surface area contributed by atoms with Gasteiger partial charge in [-0.3, -0.25) is 0 Å². The number of unbranched alkanes of at least 4 members (excludes halogenated alkanes) is 1. The molecule has 3 rings (SSSR count). The van der Waals surface area contributed by atoms with Crippen LogP contribution in [0.25, 0.3) is 22.2 Å². The van der Waals surface area contributed by atoms with Crippen LogP contribution in [0.4, 0.5) is 0 Å². The number of aromatic nitrogens is 1. The van der Waals surface area contributed by atoms with E-state index < -0.39 is 0 Å². The first-order valence-electron chi connectivity index (χ1n) is 8.43. The van der Waals surface area contributed by atoms with E-state index in [9.17, 15) is 0 Å². The van der Waals surface area contributed by atoms with Gasteiger partial charge in [0.05, 0.1) is 10.5 Å². The Hall–Kier alpha value is -1.48. The molecule has 0 unspecified atom stereocenters. The molecular weight excluding hydrogens is 339 g/mol. The number of benzene rings is 2. The van der Waals surface area contributed by atoms with Crippen molar-refractivity contribution in [2.75, 3.05) is 6.54 Å². The SMILES string of the molecule is CCc1ccc(-c2[nH]c3c(Cl)cc(Cl)cc3c2CCCCN)cc1. The lowest BCUT2D eigenvalue weighted by Gasteiger charge is -2.06. The van der Waals surface area contributed by atoms with Gasteiger partial charge in [0.25, 0.3) is 0 Å². The number of hydrogen-bond acceptors (Lipinski definition) is 1. The molecule has 2 aromatic carbocycles. The molecule has 0 aliphatic carbocycles. The first-order chi connectivity index (χ1) is 11.6. The number of H-pyrrole nitrogens is 1. The summed E-state index contributed by atoms with van der Waals surface area (Å²) < 4.78 is 0. The molecule has 24 heavy (non-hydrogen) atoms. The van der Waals surface area contributed by atoms with Crippen molar-refractivity contribution in [1.29, 1.82) is 0 Å². The summed E-state index contributed by atoms with van der Waals surface area (Å²) in [7, 11) is 0. The van der Waals surface area contributed by atoms with Gasteiger partial charge >= 0.3 is 0 Å². The van der Waals surface area contributed by atoms with E-state index in [0.29, 0.717) is 16.6 Å². The van der Waals surface area contributed by atoms with Crippen molar-refractivity contribution >= 4 is 34.1 Å². The highest BCUT2D eigenvalue weighted by Crippen LogP contribution is 2.36. The Balaban J connectivity index is 2.13. The highest BCUT2D eigenvalue weighted by Gasteiger charge is 2.15. The summed E-state index contributed by atoms with van der Waals surface area (Å²) in [6.07, 6.45) is 4.05. The zero-order valence-electron chi connectivity index (χ0n) is 13.8. The molecule has 0 amide bonds. The normalized spacial score (nSPS) is 11.3. The van der Waals surface area contributed by atoms with E-state index >= 15 is 0 Å². The van der Waals surface area contributed by atoms with Gasteiger partial charge in [-0.1, -0.05) is 54.4 Å². The van der Waals surface area contributed by atoms with Crippen molar-refractivity contribution < 1.29 is 0 Å². The Morgan fingerprint density at radius 3 is 2.46 bits per heavy atom. The monoisotopic (exact) mass is 360 g/mol. The van der Waals surface area contributed by atoms with E-state index in [1.165, 1.54) is 16.7 Å². The van der Waals surface area contributed by atoms with Crippen LogP contribution >= 0.6 is 23.2 Å². The van der Waals surface area contributed by atoms with Crippen molar-refractivity contribution in [3.8, 4) is 11.3 Å². The fourth-order valence-corrected chi connectivity index (χ4v) is 3.67. The van der Waals surface area contributed by atoms with Crippen LogP contribution in [0.5, 0.6) is 0 Å². The molecule has 0 bridgehead atoms. The molecule has 0 spiro atoms. The lowest BCUT2D eigenvalue weighted by Crippen LogP contribution is -1.99. The maximum Gasteiger partial charge on any atom is 0.0662 e. The van der Waals surface area contributed by atoms with Crippen LogP contribution in [0.3, 0.4) is 0 Å². The van der Waals surface area contributed by atoms with Crippen molar-refractivity contribution in [3.05, 3.63) is 57.6 Å². The molecule has 3 aromatic rings. The number of nitrogens with two attached hydrogens (primary N) is 1. The highest BCUT2D eigenvalue weighted by molar-refractivity contribution is 6.38. The second-order valence-electron chi connectivity index (χ2n) is 6.08. The molecule has 0 saturated heterocycles. The molecule has 0 fully saturated rings. The minimum atomic E-state index is 0.661. The van der Waals surface area contributed by atoms with E-state index in [1.807, 2.05) is 6.07 Å². The third-order valence-electron chi connectivity index (χ3n) is 4.46. The Kier molecular flexibility index (Phi) is 5.50. The topological polar surface area (TPSA) is 41.8 Å². The Labute approximate surface area is 153 Å². The van der Waals surface area contributed by atoms with Crippen LogP contribution in [0.15, 0.2) is 36.4 Å². The standard InChI is InChI=1S/C20H22Cl2N2/c1-2-13-6-8-14(9-7-13)19-16(5-3-4-10-23)17-11-15(21)12-18(22)20(17)24-19/h6-9,11-12,24H,2-5,10,23H2,1H3. The van der Waals surface area contributed by atoms with E-state index in [2.05, 4.69) is 36.2 Å². The van der Waals surface area contributed by atoms with Gasteiger partial charge in [0.1, 0.15) is 0 Å². The van der Waals surface area contributed by atoms with Crippen LogP contribution in [0, 0.1) is 0 Å². The van der Waals surface area contributed by atoms with Gasteiger partial charge in [0.2, 0.25) is 0 Å². The summed E-state index contributed by atoms with van der Waals surface area (Å²) in [5.74, 6) is 0. The van der Waals surface area contributed by atoms with Gasteiger partial charge in [-0.2, -0.15) is 0 Å². The first kappa shape index (κ1) is 17.3. The minimum absolute atomic E-state index is 0.661. The van der Waals surface area contributed by atoms with E-state index in [-0.39, 0.29) is 0 Å². The van der Waals surface area contributed by atoms with Crippen LogP contribution in [0.1, 0.15) is 30.9 Å². The number of aromatic amines is 1. The van der Waals surface area contributed by atoms with E-state index in [1.54, 1.807) is 6.07 Å². The summed E-state index contributed by atoms with van der Waals surface area (Å²) >= 11 is 12.6. The van der Waals surface area contributed by atoms with Gasteiger partial charge < -0.3 is 10.7 Å². The molecule has 0 aliphatic rings. The number of aryl methyl sites for hydroxylation is 2. The Morgan fingerprint density at radius 2 is 1.79 bits per heavy atom. The fraction of sp³-hybridized carbons (Fsp3) is 0.300. The number of hydrogen-bond donors (Lipinski definition) is 2. The second kappa shape index (κ2) is 7.60. The minimum Gasteiger partial charge on any atom is -0.353 e. The van der Waals surface area contributed by atoms with Crippen molar-refractivity contribution in [3.63, 3.8) is 0 Å². The second-order valence-corrected chi connectivity index (χ2v) is 6.93. The average Bonchev–Trinajstić information content (AvgIpc) is 2.94. The highest BCUT2D eigenvalue weighted by atomic mass is 35.5. The van der Waals surface area contributed by atoms with Gasteiger partial charge in [0, 0.05) is 16.1 Å². The Morgan fingerprint density at radius 1 is 1.04 bits per heavy atom.